The highest BCUT2D eigenvalue weighted by atomic mass is 19.1. The quantitative estimate of drug-likeness (QED) is 0.573. The number of hydrogen-bond acceptors (Lipinski definition) is 4. The van der Waals surface area contributed by atoms with E-state index in [0.29, 0.717) is 19.5 Å². The van der Waals surface area contributed by atoms with Crippen LogP contribution in [-0.4, -0.2) is 30.7 Å². The van der Waals surface area contributed by atoms with E-state index in [0.717, 1.165) is 12.1 Å². The van der Waals surface area contributed by atoms with E-state index in [9.17, 15) is 14.0 Å². The first-order valence-corrected chi connectivity index (χ1v) is 6.98. The van der Waals surface area contributed by atoms with Crippen molar-refractivity contribution >= 4 is 17.7 Å². The third-order valence-electron chi connectivity index (χ3n) is 2.49. The molecular formula is C15H22FN3O3. The number of nitrogens with one attached hydrogen (secondary N) is 2. The van der Waals surface area contributed by atoms with Gasteiger partial charge in [-0.15, -0.1) is 0 Å². The number of anilines is 1. The molecule has 2 amide bonds. The molecule has 0 aliphatic heterocycles. The number of alkyl carbamates (subject to hydrolysis) is 1. The van der Waals surface area contributed by atoms with E-state index < -0.39 is 23.4 Å². The minimum atomic E-state index is -0.559. The molecule has 0 unspecified atom stereocenters. The molecule has 1 aromatic rings. The van der Waals surface area contributed by atoms with E-state index in [1.54, 1.807) is 20.8 Å². The number of benzene rings is 1. The number of nitrogen functional groups attached to an aromatic ring is 1. The Morgan fingerprint density at radius 2 is 1.82 bits per heavy atom. The van der Waals surface area contributed by atoms with Gasteiger partial charge >= 0.3 is 6.09 Å². The Hall–Kier alpha value is -2.31. The second-order valence-electron chi connectivity index (χ2n) is 5.81. The Morgan fingerprint density at radius 3 is 2.41 bits per heavy atom. The molecule has 4 N–H and O–H groups in total. The monoisotopic (exact) mass is 311 g/mol. The molecule has 0 fully saturated rings. The van der Waals surface area contributed by atoms with Crippen molar-refractivity contribution < 1.29 is 18.7 Å². The molecule has 7 heteroatoms. The molecule has 22 heavy (non-hydrogen) atoms. The average Bonchev–Trinajstić information content (AvgIpc) is 2.34. The van der Waals surface area contributed by atoms with Crippen molar-refractivity contribution in [3.63, 3.8) is 0 Å². The fourth-order valence-corrected chi connectivity index (χ4v) is 1.64. The molecule has 1 rings (SSSR count). The van der Waals surface area contributed by atoms with Crippen molar-refractivity contribution in [2.24, 2.45) is 0 Å². The van der Waals surface area contributed by atoms with Crippen molar-refractivity contribution in [1.29, 1.82) is 0 Å². The first-order valence-electron chi connectivity index (χ1n) is 6.98. The molecule has 0 atom stereocenters. The topological polar surface area (TPSA) is 93.5 Å². The minimum absolute atomic E-state index is 0.164. The summed E-state index contributed by atoms with van der Waals surface area (Å²) in [6.07, 6.45) is 0.0206. The van der Waals surface area contributed by atoms with Crippen LogP contribution in [-0.2, 0) is 4.74 Å². The van der Waals surface area contributed by atoms with Crippen LogP contribution in [0.3, 0.4) is 0 Å². The second-order valence-corrected chi connectivity index (χ2v) is 5.81. The van der Waals surface area contributed by atoms with Crippen LogP contribution < -0.4 is 16.4 Å². The van der Waals surface area contributed by atoms with E-state index in [4.69, 9.17) is 10.5 Å². The fourth-order valence-electron chi connectivity index (χ4n) is 1.64. The summed E-state index contributed by atoms with van der Waals surface area (Å²) in [4.78, 5) is 23.2. The number of ether oxygens (including phenoxy) is 1. The first kappa shape index (κ1) is 17.7. The van der Waals surface area contributed by atoms with Gasteiger partial charge in [0.2, 0.25) is 0 Å². The number of hydrogen-bond donors (Lipinski definition) is 3. The number of nitrogens with two attached hydrogens (primary N) is 1. The van der Waals surface area contributed by atoms with E-state index >= 15 is 0 Å². The Kier molecular flexibility index (Phi) is 6.15. The molecule has 0 saturated heterocycles. The van der Waals surface area contributed by atoms with Gasteiger partial charge in [0.05, 0.1) is 0 Å². The van der Waals surface area contributed by atoms with Crippen LogP contribution in [0.15, 0.2) is 18.2 Å². The average molecular weight is 311 g/mol. The summed E-state index contributed by atoms with van der Waals surface area (Å²) in [6.45, 7) is 6.03. The van der Waals surface area contributed by atoms with E-state index in [1.807, 2.05) is 0 Å². The molecule has 1 aromatic carbocycles. The van der Waals surface area contributed by atoms with Gasteiger partial charge in [0.25, 0.3) is 5.91 Å². The lowest BCUT2D eigenvalue weighted by Gasteiger charge is -2.19. The van der Waals surface area contributed by atoms with Crippen molar-refractivity contribution in [3.8, 4) is 0 Å². The van der Waals surface area contributed by atoms with Crippen LogP contribution >= 0.6 is 0 Å². The van der Waals surface area contributed by atoms with Crippen molar-refractivity contribution in [2.45, 2.75) is 32.8 Å². The van der Waals surface area contributed by atoms with Gasteiger partial charge in [0.1, 0.15) is 11.4 Å². The third kappa shape index (κ3) is 6.92. The lowest BCUT2D eigenvalue weighted by Crippen LogP contribution is -2.34. The molecular weight excluding hydrogens is 289 g/mol. The summed E-state index contributed by atoms with van der Waals surface area (Å²) in [5.41, 5.74) is 5.29. The molecule has 0 aromatic heterocycles. The van der Waals surface area contributed by atoms with Crippen LogP contribution in [0.5, 0.6) is 0 Å². The molecule has 0 bridgehead atoms. The van der Waals surface area contributed by atoms with Crippen molar-refractivity contribution in [3.05, 3.63) is 29.6 Å². The Bertz CT molecular complexity index is 521. The molecule has 0 heterocycles. The molecule has 122 valence electrons. The number of carbonyl (C=O) groups is 2. The summed E-state index contributed by atoms with van der Waals surface area (Å²) in [5, 5.41) is 5.20. The summed E-state index contributed by atoms with van der Waals surface area (Å²) < 4.78 is 18.2. The summed E-state index contributed by atoms with van der Waals surface area (Å²) in [5.74, 6) is -0.972. The van der Waals surface area contributed by atoms with Gasteiger partial charge in [-0.2, -0.15) is 0 Å². The first-order chi connectivity index (χ1) is 10.2. The van der Waals surface area contributed by atoms with Crippen LogP contribution in [0.1, 0.15) is 37.6 Å². The Labute approximate surface area is 129 Å². The maximum atomic E-state index is 13.1. The number of rotatable bonds is 5. The maximum Gasteiger partial charge on any atom is 0.407 e. The van der Waals surface area contributed by atoms with Crippen LogP contribution in [0.2, 0.25) is 0 Å². The van der Waals surface area contributed by atoms with Gasteiger partial charge in [-0.3, -0.25) is 4.79 Å². The summed E-state index contributed by atoms with van der Waals surface area (Å²) in [6, 6.07) is 3.66. The summed E-state index contributed by atoms with van der Waals surface area (Å²) >= 11 is 0. The van der Waals surface area contributed by atoms with Gasteiger partial charge < -0.3 is 21.1 Å². The van der Waals surface area contributed by atoms with Crippen LogP contribution in [0.25, 0.3) is 0 Å². The van der Waals surface area contributed by atoms with Gasteiger partial charge in [-0.25, -0.2) is 9.18 Å². The molecule has 6 nitrogen and oxygen atoms in total. The maximum absolute atomic E-state index is 13.1. The van der Waals surface area contributed by atoms with Gasteiger partial charge in [-0.1, -0.05) is 0 Å². The lowest BCUT2D eigenvalue weighted by atomic mass is 10.2. The lowest BCUT2D eigenvalue weighted by molar-refractivity contribution is 0.0527. The highest BCUT2D eigenvalue weighted by molar-refractivity contribution is 5.95. The van der Waals surface area contributed by atoms with Gasteiger partial charge in [0.15, 0.2) is 0 Å². The second kappa shape index (κ2) is 7.63. The Morgan fingerprint density at radius 1 is 1.18 bits per heavy atom. The fraction of sp³-hybridized carbons (Fsp3) is 0.467. The number of halogens is 1. The van der Waals surface area contributed by atoms with Gasteiger partial charge in [0, 0.05) is 24.3 Å². The smallest absolute Gasteiger partial charge is 0.407 e. The largest absolute Gasteiger partial charge is 0.444 e. The highest BCUT2D eigenvalue weighted by Crippen LogP contribution is 2.10. The van der Waals surface area contributed by atoms with Crippen LogP contribution in [0.4, 0.5) is 14.9 Å². The van der Waals surface area contributed by atoms with Crippen LogP contribution in [0, 0.1) is 5.82 Å². The number of amides is 2. The van der Waals surface area contributed by atoms with Gasteiger partial charge in [-0.05, 0) is 45.4 Å². The SMILES string of the molecule is CC(C)(C)OC(=O)NCCCNC(=O)c1cc(N)cc(F)c1. The molecule has 0 radical (unpaired) electrons. The summed E-state index contributed by atoms with van der Waals surface area (Å²) in [7, 11) is 0. The zero-order chi connectivity index (χ0) is 16.8. The zero-order valence-electron chi connectivity index (χ0n) is 13.0. The van der Waals surface area contributed by atoms with E-state index in [-0.39, 0.29) is 11.3 Å². The van der Waals surface area contributed by atoms with E-state index in [2.05, 4.69) is 10.6 Å². The standard InChI is InChI=1S/C15H22FN3O3/c1-15(2,3)22-14(21)19-6-4-5-18-13(20)10-7-11(16)9-12(17)8-10/h7-9H,4-6,17H2,1-3H3,(H,18,20)(H,19,21). The highest BCUT2D eigenvalue weighted by Gasteiger charge is 2.15. The Balaban J connectivity index is 2.27. The minimum Gasteiger partial charge on any atom is -0.444 e. The van der Waals surface area contributed by atoms with Crippen molar-refractivity contribution in [1.82, 2.24) is 10.6 Å². The third-order valence-corrected chi connectivity index (χ3v) is 2.49. The molecule has 0 spiro atoms. The number of carbonyl (C=O) groups excluding carboxylic acids is 2. The van der Waals surface area contributed by atoms with E-state index in [1.165, 1.54) is 6.07 Å². The normalized spacial score (nSPS) is 10.9. The molecule has 0 saturated carbocycles. The predicted molar refractivity (Wildman–Crippen MR) is 82.0 cm³/mol. The van der Waals surface area contributed by atoms with Crippen molar-refractivity contribution in [2.75, 3.05) is 18.8 Å². The predicted octanol–water partition coefficient (Wildman–Crippen LogP) is 2.05. The molecule has 0 aliphatic rings. The zero-order valence-corrected chi connectivity index (χ0v) is 13.0. The molecule has 0 aliphatic carbocycles.